The first-order valence-electron chi connectivity index (χ1n) is 11.0. The van der Waals surface area contributed by atoms with Gasteiger partial charge in [0.25, 0.3) is 0 Å². The summed E-state index contributed by atoms with van der Waals surface area (Å²) in [5.41, 5.74) is 2.98. The molecule has 5 heteroatoms. The summed E-state index contributed by atoms with van der Waals surface area (Å²) >= 11 is 0. The fourth-order valence-corrected chi connectivity index (χ4v) is 7.69. The second kappa shape index (κ2) is 7.65. The molecule has 8 atom stereocenters. The third-order valence-electron chi connectivity index (χ3n) is 8.81. The van der Waals surface area contributed by atoms with Crippen LogP contribution < -0.4 is 5.43 Å². The highest BCUT2D eigenvalue weighted by Gasteiger charge is 2.58. The molecule has 0 amide bonds. The van der Waals surface area contributed by atoms with Crippen LogP contribution in [0.4, 0.5) is 0 Å². The van der Waals surface area contributed by atoms with Crippen molar-refractivity contribution in [2.75, 3.05) is 6.54 Å². The molecule has 4 saturated carbocycles. The topological polar surface area (TPSA) is 85.5 Å². The molecule has 3 N–H and O–H groups in total. The summed E-state index contributed by atoms with van der Waals surface area (Å²) in [6.45, 7) is 2.68. The van der Waals surface area contributed by atoms with Gasteiger partial charge in [-0.05, 0) is 92.8 Å². The van der Waals surface area contributed by atoms with Gasteiger partial charge >= 0.3 is 0 Å². The summed E-state index contributed by atoms with van der Waals surface area (Å²) in [7, 11) is 0. The van der Waals surface area contributed by atoms with E-state index in [1.54, 1.807) is 0 Å². The Morgan fingerprint density at radius 2 is 1.96 bits per heavy atom. The first kappa shape index (κ1) is 19.1. The van der Waals surface area contributed by atoms with E-state index >= 15 is 0 Å². The van der Waals surface area contributed by atoms with Gasteiger partial charge in [0.05, 0.1) is 18.9 Å². The molecular formula is C22H35N3O2. The highest BCUT2D eigenvalue weighted by molar-refractivity contribution is 6.14. The fourth-order valence-electron chi connectivity index (χ4n) is 7.69. The Morgan fingerprint density at radius 1 is 1.15 bits per heavy atom. The summed E-state index contributed by atoms with van der Waals surface area (Å²) in [5, 5.41) is 20.9. The van der Waals surface area contributed by atoms with E-state index in [2.05, 4.69) is 17.5 Å². The minimum absolute atomic E-state index is 0.0621. The third kappa shape index (κ3) is 3.37. The van der Waals surface area contributed by atoms with Gasteiger partial charge in [-0.15, -0.1) is 0 Å². The van der Waals surface area contributed by atoms with Crippen molar-refractivity contribution >= 4 is 18.2 Å². The molecule has 4 rings (SSSR count). The van der Waals surface area contributed by atoms with E-state index in [1.165, 1.54) is 44.7 Å². The lowest BCUT2D eigenvalue weighted by atomic mass is 9.49. The lowest BCUT2D eigenvalue weighted by molar-refractivity contribution is -0.130. The van der Waals surface area contributed by atoms with Crippen molar-refractivity contribution in [2.45, 2.75) is 70.8 Å². The first-order valence-corrected chi connectivity index (χ1v) is 11.0. The van der Waals surface area contributed by atoms with Gasteiger partial charge in [0.2, 0.25) is 0 Å². The highest BCUT2D eigenvalue weighted by atomic mass is 16.3. The average molecular weight is 374 g/mol. The van der Waals surface area contributed by atoms with Crippen molar-refractivity contribution in [3.8, 4) is 0 Å². The van der Waals surface area contributed by atoms with Crippen LogP contribution in [0.15, 0.2) is 5.10 Å². The van der Waals surface area contributed by atoms with Crippen LogP contribution in [-0.4, -0.2) is 36.0 Å². The molecule has 4 aliphatic rings. The molecule has 0 radical (unpaired) electrons. The van der Waals surface area contributed by atoms with Crippen molar-refractivity contribution in [1.82, 2.24) is 5.43 Å². The van der Waals surface area contributed by atoms with Crippen molar-refractivity contribution < 1.29 is 9.90 Å². The van der Waals surface area contributed by atoms with Gasteiger partial charge in [0.1, 0.15) is 0 Å². The standard InChI is InChI=1S/C22H35N3O2/c1-22-9-8-17-16-5-3-15(26)12-14(16)2-4-18(17)19(22)6-7-20(22)21(27)13-25-24-11-10-23/h10-11,14-20,23,25-26H,2-9,12-13H2,1H3/b23-10?,24-11-. The zero-order valence-electron chi connectivity index (χ0n) is 16.6. The van der Waals surface area contributed by atoms with Crippen LogP contribution in [0.2, 0.25) is 0 Å². The van der Waals surface area contributed by atoms with Crippen LogP contribution in [0.3, 0.4) is 0 Å². The van der Waals surface area contributed by atoms with Gasteiger partial charge in [0.15, 0.2) is 5.78 Å². The van der Waals surface area contributed by atoms with Crippen LogP contribution in [0.5, 0.6) is 0 Å². The average Bonchev–Trinajstić information content (AvgIpc) is 3.02. The highest BCUT2D eigenvalue weighted by Crippen LogP contribution is 2.64. The predicted molar refractivity (Wildman–Crippen MR) is 107 cm³/mol. The Labute approximate surface area is 162 Å². The van der Waals surface area contributed by atoms with Gasteiger partial charge in [-0.2, -0.15) is 5.10 Å². The number of ketones is 1. The minimum atomic E-state index is -0.0621. The number of fused-ring (bicyclic) bond motifs is 5. The molecule has 0 heterocycles. The Balaban J connectivity index is 1.44. The van der Waals surface area contributed by atoms with Crippen LogP contribution >= 0.6 is 0 Å². The SMILES string of the molecule is CC12CCC3C4CCC(O)CC4CCC3C1CCC2C(=O)CN/N=C\C=N. The first-order chi connectivity index (χ1) is 13.0. The fraction of sp³-hybridized carbons (Fsp3) is 0.864. The van der Waals surface area contributed by atoms with Crippen molar-refractivity contribution in [2.24, 2.45) is 46.0 Å². The Hall–Kier alpha value is -1.23. The van der Waals surface area contributed by atoms with Crippen LogP contribution in [-0.2, 0) is 4.79 Å². The zero-order valence-corrected chi connectivity index (χ0v) is 16.6. The maximum atomic E-state index is 12.9. The number of carbonyl (C=O) groups is 1. The number of Topliss-reactive ketones (excluding diaryl/α,β-unsaturated/α-hetero) is 1. The number of hydrogen-bond donors (Lipinski definition) is 3. The number of nitrogens with one attached hydrogen (secondary N) is 2. The third-order valence-corrected chi connectivity index (χ3v) is 8.81. The smallest absolute Gasteiger partial charge is 0.157 e. The second-order valence-electron chi connectivity index (χ2n) is 9.82. The Kier molecular flexibility index (Phi) is 5.41. The number of hydrazone groups is 1. The monoisotopic (exact) mass is 373 g/mol. The van der Waals surface area contributed by atoms with E-state index in [4.69, 9.17) is 5.41 Å². The molecule has 27 heavy (non-hydrogen) atoms. The number of aliphatic hydroxyl groups is 1. The van der Waals surface area contributed by atoms with Crippen molar-refractivity contribution in [3.05, 3.63) is 0 Å². The summed E-state index contributed by atoms with van der Waals surface area (Å²) < 4.78 is 0. The van der Waals surface area contributed by atoms with E-state index in [0.29, 0.717) is 11.7 Å². The largest absolute Gasteiger partial charge is 0.393 e. The van der Waals surface area contributed by atoms with Crippen LogP contribution in [0.25, 0.3) is 0 Å². The molecule has 0 aromatic heterocycles. The van der Waals surface area contributed by atoms with Crippen molar-refractivity contribution in [3.63, 3.8) is 0 Å². The van der Waals surface area contributed by atoms with E-state index < -0.39 is 0 Å². The number of rotatable bonds is 5. The predicted octanol–water partition coefficient (Wildman–Crippen LogP) is 3.41. The molecule has 5 nitrogen and oxygen atoms in total. The van der Waals surface area contributed by atoms with E-state index in [1.807, 2.05) is 0 Å². The number of hydrogen-bond acceptors (Lipinski definition) is 5. The Morgan fingerprint density at radius 3 is 2.78 bits per heavy atom. The van der Waals surface area contributed by atoms with Gasteiger partial charge in [-0.1, -0.05) is 6.92 Å². The quantitative estimate of drug-likeness (QED) is 0.510. The summed E-state index contributed by atoms with van der Waals surface area (Å²) in [6, 6.07) is 0. The van der Waals surface area contributed by atoms with Crippen LogP contribution in [0.1, 0.15) is 64.7 Å². The lowest BCUT2D eigenvalue weighted by Crippen LogP contribution is -2.50. The normalized spacial score (nSPS) is 46.4. The summed E-state index contributed by atoms with van der Waals surface area (Å²) in [6.07, 6.45) is 13.0. The van der Waals surface area contributed by atoms with E-state index in [0.717, 1.165) is 49.1 Å². The molecule has 150 valence electrons. The molecule has 0 bridgehead atoms. The molecule has 8 unspecified atom stereocenters. The number of nitrogens with zero attached hydrogens (tertiary/aromatic N) is 1. The van der Waals surface area contributed by atoms with Gasteiger partial charge in [0, 0.05) is 12.1 Å². The van der Waals surface area contributed by atoms with Crippen molar-refractivity contribution in [1.29, 1.82) is 5.41 Å². The second-order valence-corrected chi connectivity index (χ2v) is 9.82. The number of carbonyl (C=O) groups excluding carboxylic acids is 1. The molecule has 0 saturated heterocycles. The maximum Gasteiger partial charge on any atom is 0.157 e. The molecule has 0 spiro atoms. The molecule has 0 aliphatic heterocycles. The molecule has 0 aromatic rings. The number of aliphatic hydroxyl groups excluding tert-OH is 1. The molecule has 4 aliphatic carbocycles. The van der Waals surface area contributed by atoms with Gasteiger partial charge in [-0.25, -0.2) is 0 Å². The molecular weight excluding hydrogens is 338 g/mol. The molecule has 4 fully saturated rings. The lowest BCUT2D eigenvalue weighted by Gasteiger charge is -2.56. The summed E-state index contributed by atoms with van der Waals surface area (Å²) in [5.74, 6) is 4.35. The van der Waals surface area contributed by atoms with Gasteiger partial charge in [-0.3, -0.25) is 4.79 Å². The maximum absolute atomic E-state index is 12.9. The molecule has 0 aromatic carbocycles. The Bertz CT molecular complexity index is 606. The van der Waals surface area contributed by atoms with Crippen LogP contribution in [0, 0.1) is 46.3 Å². The zero-order chi connectivity index (χ0) is 19.0. The van der Waals surface area contributed by atoms with E-state index in [9.17, 15) is 9.90 Å². The van der Waals surface area contributed by atoms with Gasteiger partial charge < -0.3 is 15.9 Å². The minimum Gasteiger partial charge on any atom is -0.393 e. The summed E-state index contributed by atoms with van der Waals surface area (Å²) in [4.78, 5) is 12.9. The van der Waals surface area contributed by atoms with E-state index in [-0.39, 0.29) is 24.0 Å².